The van der Waals surface area contributed by atoms with Crippen LogP contribution in [0.1, 0.15) is 25.3 Å². The summed E-state index contributed by atoms with van der Waals surface area (Å²) in [6.07, 6.45) is 2.55. The van der Waals surface area contributed by atoms with Crippen molar-refractivity contribution in [3.63, 3.8) is 0 Å². The molecule has 3 aliphatic heterocycles. The van der Waals surface area contributed by atoms with Crippen LogP contribution in [-0.4, -0.2) is 73.9 Å². The molecule has 1 aromatic rings. The Morgan fingerprint density at radius 2 is 1.69 bits per heavy atom. The maximum absolute atomic E-state index is 6.45. The summed E-state index contributed by atoms with van der Waals surface area (Å²) in [6, 6.07) is 4.63. The predicted molar refractivity (Wildman–Crippen MR) is 104 cm³/mol. The molecule has 0 unspecified atom stereocenters. The third-order valence-corrected chi connectivity index (χ3v) is 6.72. The molecular formula is C20H30ClN3O2. The first-order valence-electron chi connectivity index (χ1n) is 9.83. The first-order valence-corrected chi connectivity index (χ1v) is 10.2. The van der Waals surface area contributed by atoms with Gasteiger partial charge in [0.1, 0.15) is 0 Å². The summed E-state index contributed by atoms with van der Waals surface area (Å²) in [4.78, 5) is 7.65. The van der Waals surface area contributed by atoms with Gasteiger partial charge in [-0.05, 0) is 57.5 Å². The minimum atomic E-state index is 0.296. The van der Waals surface area contributed by atoms with E-state index in [0.29, 0.717) is 12.8 Å². The summed E-state index contributed by atoms with van der Waals surface area (Å²) < 4.78 is 10.9. The molecule has 144 valence electrons. The minimum absolute atomic E-state index is 0.296. The Balaban J connectivity index is 1.30. The number of likely N-dealkylation sites (tertiary alicyclic amines) is 1. The summed E-state index contributed by atoms with van der Waals surface area (Å²) in [7, 11) is 2.22. The van der Waals surface area contributed by atoms with Gasteiger partial charge >= 0.3 is 0 Å². The van der Waals surface area contributed by atoms with Crippen molar-refractivity contribution >= 4 is 11.6 Å². The fourth-order valence-corrected chi connectivity index (χ4v) is 4.66. The van der Waals surface area contributed by atoms with Gasteiger partial charge in [0.2, 0.25) is 6.79 Å². The van der Waals surface area contributed by atoms with E-state index < -0.39 is 0 Å². The second-order valence-electron chi connectivity index (χ2n) is 7.99. The number of hydrogen-bond acceptors (Lipinski definition) is 5. The normalized spacial score (nSPS) is 24.1. The molecule has 6 heteroatoms. The van der Waals surface area contributed by atoms with Crippen LogP contribution in [0.3, 0.4) is 0 Å². The molecule has 0 amide bonds. The minimum Gasteiger partial charge on any atom is -0.454 e. The van der Waals surface area contributed by atoms with Crippen LogP contribution in [0.4, 0.5) is 0 Å². The van der Waals surface area contributed by atoms with Gasteiger partial charge in [0.05, 0.1) is 0 Å². The average molecular weight is 380 g/mol. The van der Waals surface area contributed by atoms with E-state index in [1.807, 2.05) is 12.1 Å². The summed E-state index contributed by atoms with van der Waals surface area (Å²) in [5, 5.41) is 0.780. The van der Waals surface area contributed by atoms with Crippen LogP contribution in [0.15, 0.2) is 12.1 Å². The predicted octanol–water partition coefficient (Wildman–Crippen LogP) is 2.92. The van der Waals surface area contributed by atoms with Crippen LogP contribution < -0.4 is 9.47 Å². The highest BCUT2D eigenvalue weighted by Gasteiger charge is 2.29. The summed E-state index contributed by atoms with van der Waals surface area (Å²) in [6.45, 7) is 10.7. The Bertz CT molecular complexity index is 626. The smallest absolute Gasteiger partial charge is 0.231 e. The van der Waals surface area contributed by atoms with E-state index in [9.17, 15) is 0 Å². The van der Waals surface area contributed by atoms with E-state index in [-0.39, 0.29) is 0 Å². The van der Waals surface area contributed by atoms with E-state index in [2.05, 4.69) is 28.7 Å². The van der Waals surface area contributed by atoms with Gasteiger partial charge in [-0.15, -0.1) is 0 Å². The molecule has 26 heavy (non-hydrogen) atoms. The third kappa shape index (κ3) is 3.96. The zero-order valence-corrected chi connectivity index (χ0v) is 16.7. The zero-order chi connectivity index (χ0) is 18.1. The first-order chi connectivity index (χ1) is 12.6. The molecule has 3 heterocycles. The van der Waals surface area contributed by atoms with Crippen LogP contribution >= 0.6 is 11.6 Å². The number of fused-ring (bicyclic) bond motifs is 1. The molecule has 5 nitrogen and oxygen atoms in total. The molecule has 0 bridgehead atoms. The molecule has 0 saturated carbocycles. The lowest BCUT2D eigenvalue weighted by Crippen LogP contribution is -2.51. The largest absolute Gasteiger partial charge is 0.454 e. The fraction of sp³-hybridized carbons (Fsp3) is 0.700. The number of halogens is 1. The molecule has 1 aromatic carbocycles. The van der Waals surface area contributed by atoms with Crippen molar-refractivity contribution in [3.8, 4) is 11.5 Å². The van der Waals surface area contributed by atoms with Gasteiger partial charge < -0.3 is 14.4 Å². The monoisotopic (exact) mass is 379 g/mol. The van der Waals surface area contributed by atoms with Crippen molar-refractivity contribution in [1.29, 1.82) is 0 Å². The molecule has 4 rings (SSSR count). The number of piperidine rings is 1. The summed E-state index contributed by atoms with van der Waals surface area (Å²) in [5.41, 5.74) is 1.14. The third-order valence-electron chi connectivity index (χ3n) is 6.36. The van der Waals surface area contributed by atoms with Crippen LogP contribution in [0.5, 0.6) is 11.5 Å². The Hall–Kier alpha value is -1.01. The second-order valence-corrected chi connectivity index (χ2v) is 8.40. The van der Waals surface area contributed by atoms with Crippen molar-refractivity contribution < 1.29 is 9.47 Å². The molecule has 0 spiro atoms. The zero-order valence-electron chi connectivity index (χ0n) is 15.9. The number of likely N-dealkylation sites (N-methyl/N-ethyl adjacent to an activating group) is 1. The summed E-state index contributed by atoms with van der Waals surface area (Å²) >= 11 is 6.45. The maximum atomic E-state index is 6.45. The van der Waals surface area contributed by atoms with Crippen molar-refractivity contribution in [2.24, 2.45) is 5.92 Å². The Labute approximate surface area is 161 Å². The Kier molecular flexibility index (Phi) is 5.60. The maximum Gasteiger partial charge on any atom is 0.231 e. The Morgan fingerprint density at radius 1 is 1.04 bits per heavy atom. The summed E-state index contributed by atoms with van der Waals surface area (Å²) in [5.74, 6) is 2.39. The molecule has 0 aromatic heterocycles. The molecule has 0 aliphatic carbocycles. The fourth-order valence-electron chi connectivity index (χ4n) is 4.44. The van der Waals surface area contributed by atoms with E-state index in [1.165, 1.54) is 39.0 Å². The van der Waals surface area contributed by atoms with Gasteiger partial charge in [0, 0.05) is 49.9 Å². The van der Waals surface area contributed by atoms with Crippen LogP contribution in [0.2, 0.25) is 5.02 Å². The van der Waals surface area contributed by atoms with Gasteiger partial charge in [0.25, 0.3) is 0 Å². The van der Waals surface area contributed by atoms with E-state index in [1.54, 1.807) is 0 Å². The first kappa shape index (κ1) is 18.4. The molecular weight excluding hydrogens is 350 g/mol. The quantitative estimate of drug-likeness (QED) is 0.802. The topological polar surface area (TPSA) is 28.2 Å². The molecule has 2 fully saturated rings. The van der Waals surface area contributed by atoms with Gasteiger partial charge in [-0.1, -0.05) is 11.6 Å². The molecule has 0 radical (unpaired) electrons. The second kappa shape index (κ2) is 7.93. The van der Waals surface area contributed by atoms with Crippen LogP contribution in [0.25, 0.3) is 0 Å². The van der Waals surface area contributed by atoms with Gasteiger partial charge in [0.15, 0.2) is 11.5 Å². The van der Waals surface area contributed by atoms with Crippen LogP contribution in [0, 0.1) is 5.92 Å². The number of rotatable bonds is 4. The van der Waals surface area contributed by atoms with Crippen molar-refractivity contribution in [2.75, 3.05) is 53.1 Å². The van der Waals surface area contributed by atoms with Gasteiger partial charge in [-0.3, -0.25) is 9.80 Å². The van der Waals surface area contributed by atoms with Crippen LogP contribution in [-0.2, 0) is 6.54 Å². The number of nitrogens with zero attached hydrogens (tertiary/aromatic N) is 3. The lowest BCUT2D eigenvalue weighted by atomic mass is 9.89. The van der Waals surface area contributed by atoms with E-state index in [4.69, 9.17) is 21.1 Å². The molecule has 0 N–H and O–H groups in total. The average Bonchev–Trinajstić information content (AvgIpc) is 3.10. The van der Waals surface area contributed by atoms with E-state index in [0.717, 1.165) is 47.6 Å². The van der Waals surface area contributed by atoms with E-state index >= 15 is 0 Å². The van der Waals surface area contributed by atoms with Crippen molar-refractivity contribution in [1.82, 2.24) is 14.7 Å². The van der Waals surface area contributed by atoms with Gasteiger partial charge in [-0.25, -0.2) is 0 Å². The molecule has 1 atom stereocenters. The lowest BCUT2D eigenvalue weighted by molar-refractivity contribution is 0.0598. The standard InChI is InChI=1S/C20H30ClN3O2/c1-15(24-9-7-22(2)8-10-24)16-3-5-23(6-4-16)13-17-11-19-20(12-18(17)21)26-14-25-19/h11-12,15-16H,3-10,13-14H2,1-2H3/t15-/m0/s1. The van der Waals surface area contributed by atoms with Crippen molar-refractivity contribution in [3.05, 3.63) is 22.7 Å². The molecule has 2 saturated heterocycles. The number of ether oxygens (including phenoxy) is 2. The highest BCUT2D eigenvalue weighted by Crippen LogP contribution is 2.37. The lowest BCUT2D eigenvalue weighted by Gasteiger charge is -2.42. The number of hydrogen-bond donors (Lipinski definition) is 0. The SMILES string of the molecule is C[C@@H](C1CCN(Cc2cc3c(cc2Cl)OCO3)CC1)N1CCN(C)CC1. The number of piperazine rings is 1. The Morgan fingerprint density at radius 3 is 2.38 bits per heavy atom. The van der Waals surface area contributed by atoms with Crippen molar-refractivity contribution in [2.45, 2.75) is 32.4 Å². The highest BCUT2D eigenvalue weighted by atomic mass is 35.5. The highest BCUT2D eigenvalue weighted by molar-refractivity contribution is 6.31. The molecule has 3 aliphatic rings. The number of benzene rings is 1. The van der Waals surface area contributed by atoms with Gasteiger partial charge in [-0.2, -0.15) is 0 Å².